The number of nitriles is 1. The van der Waals surface area contributed by atoms with Crippen LogP contribution < -0.4 is 11.5 Å². The topological polar surface area (TPSA) is 118 Å². The SMILES string of the molecule is BC1(B)Cc2ncc(-c3c(C)noc3C)cc2C(B)(B)N1/C(N)=C(C)/C=C(\N)C#N. The predicted molar refractivity (Wildman–Crippen MR) is 128 cm³/mol. The Labute approximate surface area is 181 Å². The van der Waals surface area contributed by atoms with Crippen LogP contribution in [0, 0.1) is 25.2 Å². The molecule has 0 unspecified atom stereocenters. The Morgan fingerprint density at radius 2 is 1.97 bits per heavy atom. The van der Waals surface area contributed by atoms with Crippen molar-refractivity contribution in [2.45, 2.75) is 37.9 Å². The van der Waals surface area contributed by atoms with Crippen molar-refractivity contribution in [3.63, 3.8) is 0 Å². The molecule has 0 bridgehead atoms. The lowest BCUT2D eigenvalue weighted by molar-refractivity contribution is 0.207. The molecule has 1 aliphatic heterocycles. The van der Waals surface area contributed by atoms with Gasteiger partial charge in [-0.1, -0.05) is 5.16 Å². The summed E-state index contributed by atoms with van der Waals surface area (Å²) in [6.07, 6.45) is 4.25. The van der Waals surface area contributed by atoms with Crippen LogP contribution in [0.25, 0.3) is 11.1 Å². The summed E-state index contributed by atoms with van der Waals surface area (Å²) in [5, 5.41) is 12.4. The molecule has 30 heavy (non-hydrogen) atoms. The first-order valence-corrected chi connectivity index (χ1v) is 9.96. The van der Waals surface area contributed by atoms with Crippen molar-refractivity contribution in [2.75, 3.05) is 0 Å². The maximum Gasteiger partial charge on any atom is 0.141 e. The Bertz CT molecular complexity index is 1090. The van der Waals surface area contributed by atoms with E-state index in [0.29, 0.717) is 5.82 Å². The van der Waals surface area contributed by atoms with Crippen LogP contribution in [0.4, 0.5) is 0 Å². The van der Waals surface area contributed by atoms with Crippen molar-refractivity contribution < 1.29 is 4.52 Å². The third-order valence-electron chi connectivity index (χ3n) is 5.86. The molecule has 11 heteroatoms. The minimum Gasteiger partial charge on any atom is -0.390 e. The molecule has 3 heterocycles. The van der Waals surface area contributed by atoms with Crippen LogP contribution in [0.2, 0.25) is 0 Å². The summed E-state index contributed by atoms with van der Waals surface area (Å²) in [6.45, 7) is 5.72. The maximum atomic E-state index is 9.04. The molecular formula is C19H26B4N6O. The highest BCUT2D eigenvalue weighted by atomic mass is 16.5. The van der Waals surface area contributed by atoms with Crippen LogP contribution >= 0.6 is 0 Å². The summed E-state index contributed by atoms with van der Waals surface area (Å²) in [5.41, 5.74) is 18.2. The summed E-state index contributed by atoms with van der Waals surface area (Å²) >= 11 is 0. The van der Waals surface area contributed by atoms with Gasteiger partial charge in [0.15, 0.2) is 0 Å². The van der Waals surface area contributed by atoms with Crippen LogP contribution in [0.1, 0.15) is 29.6 Å². The van der Waals surface area contributed by atoms with E-state index in [1.165, 1.54) is 0 Å². The van der Waals surface area contributed by atoms with Gasteiger partial charge >= 0.3 is 0 Å². The molecule has 0 atom stereocenters. The van der Waals surface area contributed by atoms with Crippen molar-refractivity contribution in [1.29, 1.82) is 5.26 Å². The Morgan fingerprint density at radius 3 is 2.53 bits per heavy atom. The van der Waals surface area contributed by atoms with Gasteiger partial charge < -0.3 is 20.9 Å². The average molecular weight is 398 g/mol. The van der Waals surface area contributed by atoms with E-state index in [9.17, 15) is 0 Å². The van der Waals surface area contributed by atoms with E-state index in [2.05, 4.69) is 47.5 Å². The second-order valence-electron chi connectivity index (χ2n) is 9.08. The maximum absolute atomic E-state index is 9.04. The first-order valence-electron chi connectivity index (χ1n) is 9.96. The second kappa shape index (κ2) is 7.35. The normalized spacial score (nSPS) is 18.3. The lowest BCUT2D eigenvalue weighted by Gasteiger charge is -2.56. The highest BCUT2D eigenvalue weighted by Crippen LogP contribution is 2.40. The summed E-state index contributed by atoms with van der Waals surface area (Å²) in [6, 6.07) is 4.12. The van der Waals surface area contributed by atoms with Gasteiger partial charge in [-0.3, -0.25) is 4.98 Å². The molecule has 4 N–H and O–H groups in total. The molecule has 2 aromatic heterocycles. The smallest absolute Gasteiger partial charge is 0.141 e. The predicted octanol–water partition coefficient (Wildman–Crippen LogP) is -1.94. The van der Waals surface area contributed by atoms with Gasteiger partial charge in [0.1, 0.15) is 54.7 Å². The van der Waals surface area contributed by atoms with Gasteiger partial charge in [-0.15, -0.1) is 0 Å². The average Bonchev–Trinajstić information content (AvgIpc) is 2.98. The molecule has 2 aromatic rings. The Hall–Kier alpha value is -3.01. The molecule has 1 aliphatic rings. The van der Waals surface area contributed by atoms with Crippen LogP contribution in [-0.2, 0) is 11.8 Å². The zero-order valence-corrected chi connectivity index (χ0v) is 18.8. The lowest BCUT2D eigenvalue weighted by atomic mass is 9.46. The fourth-order valence-corrected chi connectivity index (χ4v) is 4.70. The zero-order chi connectivity index (χ0) is 22.4. The fraction of sp³-hybridized carbons (Fsp3) is 0.316. The van der Waals surface area contributed by atoms with E-state index in [1.807, 2.05) is 33.0 Å². The minimum absolute atomic E-state index is 0.130. The van der Waals surface area contributed by atoms with Crippen molar-refractivity contribution >= 4 is 31.4 Å². The van der Waals surface area contributed by atoms with E-state index in [4.69, 9.17) is 26.2 Å². The van der Waals surface area contributed by atoms with Gasteiger partial charge in [0, 0.05) is 28.4 Å². The third-order valence-corrected chi connectivity index (χ3v) is 5.86. The summed E-state index contributed by atoms with van der Waals surface area (Å²) in [5.74, 6) is 1.36. The van der Waals surface area contributed by atoms with Crippen LogP contribution in [0.15, 0.2) is 40.0 Å². The molecular weight excluding hydrogens is 371 g/mol. The molecule has 150 valence electrons. The van der Waals surface area contributed by atoms with E-state index in [-0.39, 0.29) is 11.0 Å². The van der Waals surface area contributed by atoms with Crippen molar-refractivity contribution in [3.05, 3.63) is 58.1 Å². The molecule has 0 aromatic carbocycles. The van der Waals surface area contributed by atoms with Gasteiger partial charge in [-0.2, -0.15) is 5.26 Å². The zero-order valence-electron chi connectivity index (χ0n) is 18.8. The van der Waals surface area contributed by atoms with E-state index < -0.39 is 5.34 Å². The lowest BCUT2D eigenvalue weighted by Crippen LogP contribution is -2.65. The molecule has 0 saturated carbocycles. The van der Waals surface area contributed by atoms with Gasteiger partial charge in [0.25, 0.3) is 0 Å². The Morgan fingerprint density at radius 1 is 1.30 bits per heavy atom. The van der Waals surface area contributed by atoms with E-state index >= 15 is 0 Å². The number of allylic oxidation sites excluding steroid dienone is 3. The van der Waals surface area contributed by atoms with Crippen molar-refractivity contribution in [2.24, 2.45) is 11.5 Å². The number of aromatic nitrogens is 2. The molecule has 0 fully saturated rings. The molecule has 7 nitrogen and oxygen atoms in total. The van der Waals surface area contributed by atoms with Crippen molar-refractivity contribution in [1.82, 2.24) is 15.0 Å². The number of fused-ring (bicyclic) bond motifs is 1. The largest absolute Gasteiger partial charge is 0.390 e. The summed E-state index contributed by atoms with van der Waals surface area (Å²) in [7, 11) is 8.59. The molecule has 0 saturated heterocycles. The molecule has 0 amide bonds. The van der Waals surface area contributed by atoms with Crippen LogP contribution in [-0.4, -0.2) is 51.8 Å². The highest BCUT2D eigenvalue weighted by Gasteiger charge is 2.45. The Kier molecular flexibility index (Phi) is 5.32. The first-order chi connectivity index (χ1) is 13.9. The van der Waals surface area contributed by atoms with E-state index in [0.717, 1.165) is 45.8 Å². The van der Waals surface area contributed by atoms with Crippen LogP contribution in [0.5, 0.6) is 0 Å². The number of hydrogen-bond donors (Lipinski definition) is 2. The summed E-state index contributed by atoms with van der Waals surface area (Å²) < 4.78 is 5.36. The van der Waals surface area contributed by atoms with Gasteiger partial charge in [0.05, 0.1) is 5.69 Å². The molecule has 0 aliphatic carbocycles. The molecule has 0 radical (unpaired) electrons. The number of pyridine rings is 1. The second-order valence-corrected chi connectivity index (χ2v) is 9.08. The highest BCUT2D eigenvalue weighted by molar-refractivity contribution is 6.44. The molecule has 0 spiro atoms. The van der Waals surface area contributed by atoms with Crippen LogP contribution in [0.3, 0.4) is 0 Å². The van der Waals surface area contributed by atoms with E-state index in [1.54, 1.807) is 6.08 Å². The van der Waals surface area contributed by atoms with Gasteiger partial charge in [0.2, 0.25) is 0 Å². The van der Waals surface area contributed by atoms with Gasteiger partial charge in [-0.05, 0) is 55.8 Å². The summed E-state index contributed by atoms with van der Waals surface area (Å²) in [4.78, 5) is 7.03. The van der Waals surface area contributed by atoms with Gasteiger partial charge in [-0.25, -0.2) is 0 Å². The molecule has 3 rings (SSSR count). The monoisotopic (exact) mass is 398 g/mol. The first kappa shape index (κ1) is 21.7. The standard InChI is InChI=1S/C19H26B4N6O/c1-9(4-13(25)7-24)17(26)29-18(20,21)6-15-14(19(29,22)23)5-12(8-27-15)16-10(2)28-30-11(16)3/h4-5,8H,6,20-23,25-26H2,1-3H3/b13-4-,17-9+. The fourth-order valence-electron chi connectivity index (χ4n) is 4.70. The minimum atomic E-state index is -0.445. The third kappa shape index (κ3) is 3.51. The number of aryl methyl sites for hydroxylation is 2. The number of hydrogen-bond acceptors (Lipinski definition) is 7. The number of rotatable bonds is 3. The number of nitrogens with two attached hydrogens (primary N) is 2. The quantitative estimate of drug-likeness (QED) is 0.351. The number of nitrogens with zero attached hydrogens (tertiary/aromatic N) is 4. The van der Waals surface area contributed by atoms with Crippen molar-refractivity contribution in [3.8, 4) is 17.2 Å². The Balaban J connectivity index is 2.19.